The molecule has 1 saturated heterocycles. The Bertz CT molecular complexity index is 863. The number of aliphatic carboxylic acids is 1. The molecule has 1 atom stereocenters. The number of halogens is 4. The van der Waals surface area contributed by atoms with E-state index in [2.05, 4.69) is 4.98 Å². The van der Waals surface area contributed by atoms with Crippen LogP contribution in [0.3, 0.4) is 0 Å². The fraction of sp³-hybridized carbons (Fsp3) is 0.429. The van der Waals surface area contributed by atoms with Crippen LogP contribution in [0.1, 0.15) is 48.2 Å². The molecule has 1 aromatic carbocycles. The van der Waals surface area contributed by atoms with Crippen LogP contribution >= 0.6 is 11.6 Å². The first-order valence-electron chi connectivity index (χ1n) is 9.49. The van der Waals surface area contributed by atoms with E-state index in [1.165, 1.54) is 6.07 Å². The van der Waals surface area contributed by atoms with Crippen molar-refractivity contribution in [3.8, 4) is 0 Å². The smallest absolute Gasteiger partial charge is 0.417 e. The molecule has 0 amide bonds. The number of nitrogens with zero attached hydrogens (tertiary/aromatic N) is 2. The number of benzene rings is 1. The number of hydrogen-bond acceptors (Lipinski definition) is 3. The summed E-state index contributed by atoms with van der Waals surface area (Å²) in [4.78, 5) is 17.8. The van der Waals surface area contributed by atoms with Crippen LogP contribution in [-0.2, 0) is 17.4 Å². The van der Waals surface area contributed by atoms with Crippen LogP contribution < -0.4 is 0 Å². The van der Waals surface area contributed by atoms with E-state index in [1.807, 2.05) is 24.0 Å². The van der Waals surface area contributed by atoms with Crippen LogP contribution in [0.15, 0.2) is 36.5 Å². The van der Waals surface area contributed by atoms with E-state index in [0.29, 0.717) is 37.2 Å². The molecule has 0 saturated carbocycles. The average Bonchev–Trinajstić information content (AvgIpc) is 2.69. The Labute approximate surface area is 172 Å². The molecule has 0 bridgehead atoms. The van der Waals surface area contributed by atoms with Gasteiger partial charge in [-0.2, -0.15) is 13.2 Å². The van der Waals surface area contributed by atoms with E-state index in [-0.39, 0.29) is 5.02 Å². The van der Waals surface area contributed by atoms with Crippen LogP contribution in [0, 0.1) is 5.92 Å². The Morgan fingerprint density at radius 1 is 1.28 bits per heavy atom. The first-order valence-corrected chi connectivity index (χ1v) is 9.86. The highest BCUT2D eigenvalue weighted by Gasteiger charge is 2.36. The Hall–Kier alpha value is -2.12. The van der Waals surface area contributed by atoms with E-state index < -0.39 is 29.7 Å². The third-order valence-corrected chi connectivity index (χ3v) is 5.72. The molecular formula is C21H22ClF3N2O2. The van der Waals surface area contributed by atoms with E-state index in [4.69, 9.17) is 11.6 Å². The van der Waals surface area contributed by atoms with Crippen LogP contribution in [0.5, 0.6) is 0 Å². The van der Waals surface area contributed by atoms with Gasteiger partial charge in [0.05, 0.1) is 28.2 Å². The van der Waals surface area contributed by atoms with Gasteiger partial charge in [0.15, 0.2) is 0 Å². The highest BCUT2D eigenvalue weighted by atomic mass is 35.5. The Kier molecular flexibility index (Phi) is 6.49. The minimum Gasteiger partial charge on any atom is -0.481 e. The second kappa shape index (κ2) is 8.71. The van der Waals surface area contributed by atoms with E-state index in [1.54, 1.807) is 12.3 Å². The lowest BCUT2D eigenvalue weighted by atomic mass is 9.92. The molecule has 2 heterocycles. The van der Waals surface area contributed by atoms with Gasteiger partial charge in [0.1, 0.15) is 0 Å². The predicted molar refractivity (Wildman–Crippen MR) is 104 cm³/mol. The van der Waals surface area contributed by atoms with Gasteiger partial charge in [0, 0.05) is 6.20 Å². The number of rotatable bonds is 5. The zero-order valence-corrected chi connectivity index (χ0v) is 16.7. The summed E-state index contributed by atoms with van der Waals surface area (Å²) in [5, 5.41) is 8.89. The maximum absolute atomic E-state index is 13.4. The minimum absolute atomic E-state index is 0.348. The maximum atomic E-state index is 13.4. The topological polar surface area (TPSA) is 53.4 Å². The molecule has 0 aliphatic carbocycles. The van der Waals surface area contributed by atoms with Gasteiger partial charge in [-0.3, -0.25) is 14.7 Å². The zero-order valence-electron chi connectivity index (χ0n) is 15.9. The van der Waals surface area contributed by atoms with Crippen molar-refractivity contribution >= 4 is 17.6 Å². The summed E-state index contributed by atoms with van der Waals surface area (Å²) in [6.45, 7) is 2.92. The van der Waals surface area contributed by atoms with Crippen molar-refractivity contribution in [2.24, 2.45) is 5.92 Å². The Morgan fingerprint density at radius 2 is 1.97 bits per heavy atom. The molecule has 1 aliphatic heterocycles. The number of carboxylic acids is 1. The molecule has 1 unspecified atom stereocenters. The van der Waals surface area contributed by atoms with Crippen molar-refractivity contribution in [3.63, 3.8) is 0 Å². The summed E-state index contributed by atoms with van der Waals surface area (Å²) >= 11 is 5.80. The molecule has 8 heteroatoms. The third-order valence-electron chi connectivity index (χ3n) is 5.39. The van der Waals surface area contributed by atoms with Gasteiger partial charge in [-0.1, -0.05) is 30.7 Å². The monoisotopic (exact) mass is 426 g/mol. The second-order valence-electron chi connectivity index (χ2n) is 7.23. The summed E-state index contributed by atoms with van der Waals surface area (Å²) in [5.74, 6) is -1.27. The first-order chi connectivity index (χ1) is 13.7. The number of alkyl halides is 3. The first kappa shape index (κ1) is 21.6. The molecule has 4 nitrogen and oxygen atoms in total. The highest BCUT2D eigenvalue weighted by molar-refractivity contribution is 6.31. The SMILES string of the molecule is CCc1ccc(C(c2ccc(Cl)c(C(F)(F)F)c2)N2CCC(C(=O)O)CC2)nc1. The highest BCUT2D eigenvalue weighted by Crippen LogP contribution is 2.39. The predicted octanol–water partition coefficient (Wildman–Crippen LogP) is 5.20. The van der Waals surface area contributed by atoms with Crippen LogP contribution in [0.2, 0.25) is 5.02 Å². The molecule has 1 fully saturated rings. The van der Waals surface area contributed by atoms with Gasteiger partial charge in [-0.25, -0.2) is 0 Å². The molecular weight excluding hydrogens is 405 g/mol. The number of aryl methyl sites for hydroxylation is 1. The van der Waals surface area contributed by atoms with Crippen molar-refractivity contribution in [3.05, 3.63) is 63.9 Å². The number of carboxylic acid groups (broad SMARTS) is 1. The van der Waals surface area contributed by atoms with E-state index in [9.17, 15) is 23.1 Å². The van der Waals surface area contributed by atoms with E-state index in [0.717, 1.165) is 18.1 Å². The molecule has 156 valence electrons. The lowest BCUT2D eigenvalue weighted by Gasteiger charge is -2.36. The second-order valence-corrected chi connectivity index (χ2v) is 7.64. The van der Waals surface area contributed by atoms with Crippen molar-refractivity contribution in [2.75, 3.05) is 13.1 Å². The quantitative estimate of drug-likeness (QED) is 0.713. The fourth-order valence-electron chi connectivity index (χ4n) is 3.71. The van der Waals surface area contributed by atoms with Crippen molar-refractivity contribution in [1.29, 1.82) is 0 Å². The third kappa shape index (κ3) is 4.90. The molecule has 0 radical (unpaired) electrons. The molecule has 0 spiro atoms. The lowest BCUT2D eigenvalue weighted by Crippen LogP contribution is -2.39. The molecule has 3 rings (SSSR count). The van der Waals surface area contributed by atoms with Crippen LogP contribution in [0.4, 0.5) is 13.2 Å². The number of hydrogen-bond donors (Lipinski definition) is 1. The van der Waals surface area contributed by atoms with Crippen molar-refractivity contribution < 1.29 is 23.1 Å². The number of carbonyl (C=O) groups is 1. The van der Waals surface area contributed by atoms with Gasteiger partial charge in [0.2, 0.25) is 0 Å². The summed E-state index contributed by atoms with van der Waals surface area (Å²) in [5.41, 5.74) is 1.22. The van der Waals surface area contributed by atoms with Gasteiger partial charge in [0.25, 0.3) is 0 Å². The zero-order chi connectivity index (χ0) is 21.2. The molecule has 1 N–H and O–H groups in total. The summed E-state index contributed by atoms with van der Waals surface area (Å²) in [7, 11) is 0. The summed E-state index contributed by atoms with van der Waals surface area (Å²) < 4.78 is 40.2. The molecule has 29 heavy (non-hydrogen) atoms. The number of likely N-dealkylation sites (tertiary alicyclic amines) is 1. The van der Waals surface area contributed by atoms with E-state index >= 15 is 0 Å². The molecule has 1 aliphatic rings. The largest absolute Gasteiger partial charge is 0.481 e. The average molecular weight is 427 g/mol. The van der Waals surface area contributed by atoms with Crippen molar-refractivity contribution in [2.45, 2.75) is 38.4 Å². The number of piperidine rings is 1. The van der Waals surface area contributed by atoms with Gasteiger partial charge in [-0.05, 0) is 61.7 Å². The van der Waals surface area contributed by atoms with Gasteiger partial charge in [-0.15, -0.1) is 0 Å². The molecule has 2 aromatic rings. The number of pyridine rings is 1. The van der Waals surface area contributed by atoms with Gasteiger partial charge >= 0.3 is 12.1 Å². The van der Waals surface area contributed by atoms with Gasteiger partial charge < -0.3 is 5.11 Å². The van der Waals surface area contributed by atoms with Crippen molar-refractivity contribution in [1.82, 2.24) is 9.88 Å². The normalized spacial score (nSPS) is 17.3. The lowest BCUT2D eigenvalue weighted by molar-refractivity contribution is -0.143. The summed E-state index contributed by atoms with van der Waals surface area (Å²) in [6.07, 6.45) is -1.14. The maximum Gasteiger partial charge on any atom is 0.417 e. The fourth-order valence-corrected chi connectivity index (χ4v) is 3.93. The standard InChI is InChI=1S/C21H22ClF3N2O2/c1-2-13-3-6-18(26-12-13)19(27-9-7-14(8-10-27)20(28)29)15-4-5-17(22)16(11-15)21(23,24)25/h3-6,11-12,14,19H,2,7-10H2,1H3,(H,28,29). The van der Waals surface area contributed by atoms with Crippen LogP contribution in [0.25, 0.3) is 0 Å². The Morgan fingerprint density at radius 3 is 2.48 bits per heavy atom. The Balaban J connectivity index is 2.00. The summed E-state index contributed by atoms with van der Waals surface area (Å²) in [6, 6.07) is 7.16. The molecule has 1 aromatic heterocycles. The number of aromatic nitrogens is 1. The minimum atomic E-state index is -4.56. The van der Waals surface area contributed by atoms with Crippen LogP contribution in [-0.4, -0.2) is 34.0 Å².